The molecule has 180 valence electrons. The third-order valence-corrected chi connectivity index (χ3v) is 5.33. The van der Waals surface area contributed by atoms with Crippen LogP contribution in [0.2, 0.25) is 5.02 Å². The number of methoxy groups -OCH3 is 1. The van der Waals surface area contributed by atoms with Gasteiger partial charge in [0.05, 0.1) is 18.4 Å². The van der Waals surface area contributed by atoms with Crippen molar-refractivity contribution in [1.82, 2.24) is 20.0 Å². The van der Waals surface area contributed by atoms with Crippen LogP contribution in [0.3, 0.4) is 0 Å². The van der Waals surface area contributed by atoms with Crippen LogP contribution >= 0.6 is 11.6 Å². The SMILES string of the molecule is COc1nc(NN(C)Cc2ccc(C(F)(F)F)nc2)c(-c2ccccc2)c(-c2ccc(Cl)cc2)n1. The molecular weight excluding hydrogens is 479 g/mol. The van der Waals surface area contributed by atoms with Crippen molar-refractivity contribution >= 4 is 17.4 Å². The first kappa shape index (κ1) is 24.4. The van der Waals surface area contributed by atoms with E-state index >= 15 is 0 Å². The Morgan fingerprint density at radius 1 is 0.943 bits per heavy atom. The Kier molecular flexibility index (Phi) is 7.18. The number of nitrogens with zero attached hydrogens (tertiary/aromatic N) is 4. The first-order chi connectivity index (χ1) is 16.7. The predicted molar refractivity (Wildman–Crippen MR) is 129 cm³/mol. The van der Waals surface area contributed by atoms with E-state index in [1.807, 2.05) is 42.5 Å². The number of nitrogens with one attached hydrogen (secondary N) is 1. The molecule has 0 aliphatic heterocycles. The van der Waals surface area contributed by atoms with Crippen molar-refractivity contribution in [1.29, 1.82) is 0 Å². The number of hydrogen-bond acceptors (Lipinski definition) is 6. The number of alkyl halides is 3. The van der Waals surface area contributed by atoms with E-state index in [0.717, 1.165) is 22.8 Å². The standard InChI is InChI=1S/C25H21ClF3N5O/c1-34(15-16-8-13-20(30-14-16)25(27,28)29)33-23-21(17-6-4-3-5-7-17)22(31-24(32-23)35-2)18-9-11-19(26)12-10-18/h3-14H,15H2,1-2H3,(H,31,32,33). The number of anilines is 1. The molecule has 0 saturated carbocycles. The highest BCUT2D eigenvalue weighted by Gasteiger charge is 2.32. The molecule has 10 heteroatoms. The molecule has 4 aromatic rings. The zero-order chi connectivity index (χ0) is 25.0. The molecule has 0 aliphatic rings. The molecule has 0 radical (unpaired) electrons. The van der Waals surface area contributed by atoms with Crippen molar-refractivity contribution in [2.24, 2.45) is 0 Å². The van der Waals surface area contributed by atoms with Crippen LogP contribution in [0.1, 0.15) is 11.3 Å². The second kappa shape index (κ2) is 10.3. The zero-order valence-electron chi connectivity index (χ0n) is 18.8. The molecule has 0 saturated heterocycles. The van der Waals surface area contributed by atoms with Crippen molar-refractivity contribution in [3.05, 3.63) is 89.2 Å². The summed E-state index contributed by atoms with van der Waals surface area (Å²) in [6.45, 7) is 0.266. The molecule has 2 aromatic carbocycles. The molecule has 0 amide bonds. The van der Waals surface area contributed by atoms with E-state index in [-0.39, 0.29) is 12.6 Å². The van der Waals surface area contributed by atoms with Crippen LogP contribution in [-0.2, 0) is 12.7 Å². The van der Waals surface area contributed by atoms with Gasteiger partial charge in [0.1, 0.15) is 5.69 Å². The number of hydrazine groups is 1. The van der Waals surface area contributed by atoms with Crippen LogP contribution in [0.15, 0.2) is 72.9 Å². The summed E-state index contributed by atoms with van der Waals surface area (Å²) in [5, 5.41) is 2.30. The lowest BCUT2D eigenvalue weighted by Gasteiger charge is -2.22. The minimum absolute atomic E-state index is 0.154. The number of halogens is 4. The summed E-state index contributed by atoms with van der Waals surface area (Å²) in [6, 6.07) is 19.4. The molecule has 0 aliphatic carbocycles. The van der Waals surface area contributed by atoms with Crippen LogP contribution in [0.5, 0.6) is 6.01 Å². The fourth-order valence-electron chi connectivity index (χ4n) is 3.49. The smallest absolute Gasteiger partial charge is 0.433 e. The Balaban J connectivity index is 1.72. The number of benzene rings is 2. The molecule has 0 spiro atoms. The Labute approximate surface area is 205 Å². The fraction of sp³-hybridized carbons (Fsp3) is 0.160. The summed E-state index contributed by atoms with van der Waals surface area (Å²) in [5.41, 5.74) is 5.92. The second-order valence-electron chi connectivity index (χ2n) is 7.67. The van der Waals surface area contributed by atoms with Gasteiger partial charge in [0.2, 0.25) is 0 Å². The van der Waals surface area contributed by atoms with Crippen LogP contribution < -0.4 is 10.2 Å². The highest BCUT2D eigenvalue weighted by molar-refractivity contribution is 6.30. The van der Waals surface area contributed by atoms with E-state index in [1.165, 1.54) is 19.4 Å². The number of hydrogen-bond donors (Lipinski definition) is 1. The summed E-state index contributed by atoms with van der Waals surface area (Å²) in [5.74, 6) is 0.468. The topological polar surface area (TPSA) is 63.2 Å². The number of rotatable bonds is 7. The van der Waals surface area contributed by atoms with Gasteiger partial charge in [-0.05, 0) is 29.3 Å². The number of pyridine rings is 1. The van der Waals surface area contributed by atoms with E-state index in [0.29, 0.717) is 22.1 Å². The Bertz CT molecular complexity index is 1280. The molecule has 6 nitrogen and oxygen atoms in total. The van der Waals surface area contributed by atoms with Gasteiger partial charge in [0.15, 0.2) is 5.82 Å². The normalized spacial score (nSPS) is 11.5. The maximum absolute atomic E-state index is 12.8. The maximum atomic E-state index is 12.8. The van der Waals surface area contributed by atoms with E-state index < -0.39 is 11.9 Å². The first-order valence-corrected chi connectivity index (χ1v) is 10.9. The van der Waals surface area contributed by atoms with E-state index in [2.05, 4.69) is 20.4 Å². The average Bonchev–Trinajstić information content (AvgIpc) is 2.84. The van der Waals surface area contributed by atoms with E-state index in [4.69, 9.17) is 16.3 Å². The van der Waals surface area contributed by atoms with Gasteiger partial charge < -0.3 is 10.2 Å². The average molecular weight is 500 g/mol. The van der Waals surface area contributed by atoms with Crippen molar-refractivity contribution < 1.29 is 17.9 Å². The summed E-state index contributed by atoms with van der Waals surface area (Å²) >= 11 is 6.08. The van der Waals surface area contributed by atoms with Gasteiger partial charge in [0.25, 0.3) is 0 Å². The summed E-state index contributed by atoms with van der Waals surface area (Å²) in [7, 11) is 3.23. The minimum Gasteiger partial charge on any atom is -0.467 e. The Morgan fingerprint density at radius 3 is 2.26 bits per heavy atom. The van der Waals surface area contributed by atoms with Crippen LogP contribution in [0.4, 0.5) is 19.0 Å². The zero-order valence-corrected chi connectivity index (χ0v) is 19.6. The second-order valence-corrected chi connectivity index (χ2v) is 8.11. The monoisotopic (exact) mass is 499 g/mol. The fourth-order valence-corrected chi connectivity index (χ4v) is 3.61. The summed E-state index contributed by atoms with van der Waals surface area (Å²) < 4.78 is 43.8. The first-order valence-electron chi connectivity index (χ1n) is 10.5. The molecule has 0 atom stereocenters. The lowest BCUT2D eigenvalue weighted by atomic mass is 10.00. The third kappa shape index (κ3) is 5.87. The third-order valence-electron chi connectivity index (χ3n) is 5.08. The molecule has 2 aromatic heterocycles. The van der Waals surface area contributed by atoms with Gasteiger partial charge in [-0.3, -0.25) is 4.98 Å². The summed E-state index contributed by atoms with van der Waals surface area (Å²) in [6.07, 6.45) is -3.28. The Hall–Kier alpha value is -3.69. The van der Waals surface area contributed by atoms with Crippen molar-refractivity contribution in [2.75, 3.05) is 19.6 Å². The maximum Gasteiger partial charge on any atom is 0.433 e. The molecule has 0 bridgehead atoms. The quantitative estimate of drug-likeness (QED) is 0.299. The van der Waals surface area contributed by atoms with Gasteiger partial charge in [0, 0.05) is 30.4 Å². The van der Waals surface area contributed by atoms with Gasteiger partial charge in [-0.2, -0.15) is 23.1 Å². The van der Waals surface area contributed by atoms with Crippen LogP contribution in [-0.4, -0.2) is 34.1 Å². The Morgan fingerprint density at radius 2 is 1.66 bits per heavy atom. The van der Waals surface area contributed by atoms with Crippen LogP contribution in [0, 0.1) is 0 Å². The van der Waals surface area contributed by atoms with Gasteiger partial charge >= 0.3 is 12.2 Å². The molecular formula is C25H21ClF3N5O. The lowest BCUT2D eigenvalue weighted by molar-refractivity contribution is -0.141. The molecule has 35 heavy (non-hydrogen) atoms. The highest BCUT2D eigenvalue weighted by atomic mass is 35.5. The number of ether oxygens (including phenoxy) is 1. The van der Waals surface area contributed by atoms with Crippen LogP contribution in [0.25, 0.3) is 22.4 Å². The largest absolute Gasteiger partial charge is 0.467 e. The molecule has 1 N–H and O–H groups in total. The lowest BCUT2D eigenvalue weighted by Crippen LogP contribution is -2.26. The van der Waals surface area contributed by atoms with Crippen molar-refractivity contribution in [3.8, 4) is 28.4 Å². The van der Waals surface area contributed by atoms with Gasteiger partial charge in [-0.25, -0.2) is 5.01 Å². The molecule has 2 heterocycles. The van der Waals surface area contributed by atoms with Gasteiger partial charge in [-0.1, -0.05) is 60.1 Å². The van der Waals surface area contributed by atoms with E-state index in [9.17, 15) is 13.2 Å². The molecule has 4 rings (SSSR count). The summed E-state index contributed by atoms with van der Waals surface area (Å²) in [4.78, 5) is 12.7. The van der Waals surface area contributed by atoms with Crippen molar-refractivity contribution in [3.63, 3.8) is 0 Å². The van der Waals surface area contributed by atoms with Gasteiger partial charge in [-0.15, -0.1) is 0 Å². The highest BCUT2D eigenvalue weighted by Crippen LogP contribution is 2.37. The minimum atomic E-state index is -4.48. The molecule has 0 fully saturated rings. The predicted octanol–water partition coefficient (Wildman–Crippen LogP) is 6.35. The number of aromatic nitrogens is 3. The van der Waals surface area contributed by atoms with E-state index in [1.54, 1.807) is 24.2 Å². The molecule has 0 unspecified atom stereocenters. The van der Waals surface area contributed by atoms with Crippen molar-refractivity contribution in [2.45, 2.75) is 12.7 Å².